The number of hydrogen-bond donors (Lipinski definition) is 2. The highest BCUT2D eigenvalue weighted by Crippen LogP contribution is 2.49. The molecule has 0 radical (unpaired) electrons. The molecule has 0 amide bonds. The second-order valence-corrected chi connectivity index (χ2v) is 9.01. The predicted octanol–water partition coefficient (Wildman–Crippen LogP) is 3.98. The molecule has 2 aliphatic rings. The van der Waals surface area contributed by atoms with Crippen LogP contribution in [0.1, 0.15) is 31.9 Å². The summed E-state index contributed by atoms with van der Waals surface area (Å²) in [6.45, 7) is 10.6. The molecule has 0 saturated carbocycles. The number of nitrogens with zero attached hydrogens (tertiary/aromatic N) is 1. The minimum absolute atomic E-state index is 0.0597. The monoisotopic (exact) mass is 464 g/mol. The molecule has 1 unspecified atom stereocenters. The summed E-state index contributed by atoms with van der Waals surface area (Å²) in [7, 11) is 0. The van der Waals surface area contributed by atoms with Crippen molar-refractivity contribution in [1.29, 1.82) is 0 Å². The molecule has 2 aromatic heterocycles. The molecule has 4 heterocycles. The quantitative estimate of drug-likeness (QED) is 0.514. The van der Waals surface area contributed by atoms with Gasteiger partial charge < -0.3 is 33.6 Å². The van der Waals surface area contributed by atoms with Gasteiger partial charge in [0.2, 0.25) is 5.76 Å². The van der Waals surface area contributed by atoms with Gasteiger partial charge in [-0.15, -0.1) is 0 Å². The van der Waals surface area contributed by atoms with Gasteiger partial charge in [-0.25, -0.2) is 4.79 Å². The second kappa shape index (κ2) is 8.29. The topological polar surface area (TPSA) is 94.9 Å². The smallest absolute Gasteiger partial charge is 0.374 e. The summed E-state index contributed by atoms with van der Waals surface area (Å²) in [4.78, 5) is 15.5. The number of carbonyl (C=O) groups is 1. The number of aliphatic hydroxyl groups is 1. The van der Waals surface area contributed by atoms with Crippen molar-refractivity contribution in [3.63, 3.8) is 0 Å². The van der Waals surface area contributed by atoms with Crippen molar-refractivity contribution in [2.24, 2.45) is 0 Å². The largest absolute Gasteiger partial charge is 0.490 e. The first-order valence-corrected chi connectivity index (χ1v) is 11.4. The third-order valence-corrected chi connectivity index (χ3v) is 6.14. The Bertz CT molecular complexity index is 1310. The molecule has 0 aliphatic carbocycles. The number of aromatic amines is 1. The maximum atomic E-state index is 12.3. The number of fused-ring (bicyclic) bond motifs is 3. The van der Waals surface area contributed by atoms with Crippen LogP contribution in [0.3, 0.4) is 0 Å². The van der Waals surface area contributed by atoms with Gasteiger partial charge in [-0.1, -0.05) is 6.58 Å². The average Bonchev–Trinajstić information content (AvgIpc) is 3.49. The number of aromatic nitrogens is 2. The lowest BCUT2D eigenvalue weighted by Gasteiger charge is -2.24. The van der Waals surface area contributed by atoms with E-state index in [0.29, 0.717) is 48.0 Å². The van der Waals surface area contributed by atoms with E-state index < -0.39 is 17.7 Å². The SMILES string of the molecule is C=C1C=C(C(=O)OCC)Oc2cc3c(c(OCCn4ccc5[nH]ccc54)c21)CC(C(C)(C)O)O3. The number of carbonyl (C=O) groups excluding carboxylic acids is 1. The first-order valence-electron chi connectivity index (χ1n) is 11.4. The fourth-order valence-corrected chi connectivity index (χ4v) is 4.39. The molecule has 34 heavy (non-hydrogen) atoms. The molecule has 1 aromatic carbocycles. The van der Waals surface area contributed by atoms with Gasteiger partial charge in [0.1, 0.15) is 30.0 Å². The maximum Gasteiger partial charge on any atom is 0.374 e. The first-order chi connectivity index (χ1) is 16.3. The summed E-state index contributed by atoms with van der Waals surface area (Å²) in [5, 5.41) is 10.6. The summed E-state index contributed by atoms with van der Waals surface area (Å²) in [5.41, 5.74) is 3.23. The van der Waals surface area contributed by atoms with Crippen LogP contribution >= 0.6 is 0 Å². The Kier molecular flexibility index (Phi) is 5.40. The molecule has 0 spiro atoms. The van der Waals surface area contributed by atoms with E-state index in [9.17, 15) is 9.90 Å². The van der Waals surface area contributed by atoms with Gasteiger partial charge in [0.25, 0.3) is 0 Å². The predicted molar refractivity (Wildman–Crippen MR) is 127 cm³/mol. The number of benzene rings is 1. The van der Waals surface area contributed by atoms with Gasteiger partial charge in [0.05, 0.1) is 35.3 Å². The van der Waals surface area contributed by atoms with Gasteiger partial charge >= 0.3 is 5.97 Å². The molecule has 8 heteroatoms. The lowest BCUT2D eigenvalue weighted by atomic mass is 9.93. The van der Waals surface area contributed by atoms with Gasteiger partial charge in [-0.05, 0) is 44.6 Å². The molecule has 0 bridgehead atoms. The van der Waals surface area contributed by atoms with E-state index in [1.165, 1.54) is 0 Å². The lowest BCUT2D eigenvalue weighted by Crippen LogP contribution is -2.39. The number of rotatable bonds is 7. The fraction of sp³-hybridized carbons (Fsp3) is 0.346. The highest BCUT2D eigenvalue weighted by atomic mass is 16.6. The van der Waals surface area contributed by atoms with Crippen LogP contribution in [-0.4, -0.2) is 45.5 Å². The molecule has 2 N–H and O–H groups in total. The summed E-state index contributed by atoms with van der Waals surface area (Å²) in [6, 6.07) is 5.78. The van der Waals surface area contributed by atoms with E-state index in [2.05, 4.69) is 16.1 Å². The van der Waals surface area contributed by atoms with Crippen molar-refractivity contribution >= 4 is 22.6 Å². The molecule has 5 rings (SSSR count). The normalized spacial score (nSPS) is 17.0. The molecule has 1 atom stereocenters. The zero-order valence-electron chi connectivity index (χ0n) is 19.5. The van der Waals surface area contributed by atoms with Crippen LogP contribution in [0.2, 0.25) is 0 Å². The molecular weight excluding hydrogens is 436 g/mol. The Balaban J connectivity index is 1.47. The average molecular weight is 465 g/mol. The van der Waals surface area contributed by atoms with E-state index >= 15 is 0 Å². The van der Waals surface area contributed by atoms with Crippen molar-refractivity contribution in [1.82, 2.24) is 9.55 Å². The zero-order chi connectivity index (χ0) is 24.0. The van der Waals surface area contributed by atoms with Gasteiger partial charge in [-0.3, -0.25) is 0 Å². The van der Waals surface area contributed by atoms with Crippen LogP contribution < -0.4 is 14.2 Å². The van der Waals surface area contributed by atoms with E-state index in [1.807, 2.05) is 24.5 Å². The minimum atomic E-state index is -1.05. The Morgan fingerprint density at radius 3 is 2.94 bits per heavy atom. The van der Waals surface area contributed by atoms with Crippen molar-refractivity contribution < 1.29 is 28.8 Å². The Morgan fingerprint density at radius 2 is 2.18 bits per heavy atom. The lowest BCUT2D eigenvalue weighted by molar-refractivity contribution is -0.141. The van der Waals surface area contributed by atoms with Crippen molar-refractivity contribution in [2.45, 2.75) is 45.4 Å². The number of H-pyrrole nitrogens is 1. The van der Waals surface area contributed by atoms with Gasteiger partial charge in [0.15, 0.2) is 0 Å². The number of hydrogen-bond acceptors (Lipinski definition) is 6. The van der Waals surface area contributed by atoms with Gasteiger partial charge in [-0.2, -0.15) is 0 Å². The van der Waals surface area contributed by atoms with E-state index in [-0.39, 0.29) is 12.4 Å². The van der Waals surface area contributed by atoms with Crippen LogP contribution in [0.15, 0.2) is 49.0 Å². The standard InChI is InChI=1S/C26H28N2O6/c1-5-31-25(29)21-12-15(2)23-20(33-21)14-19-16(13-22(34-19)26(3,4)30)24(23)32-11-10-28-9-7-17-18(28)6-8-27-17/h6-9,12,14,22,27,30H,2,5,10-11,13H2,1,3-4H3. The first kappa shape index (κ1) is 22.2. The Hall–Kier alpha value is -3.65. The van der Waals surface area contributed by atoms with E-state index in [1.54, 1.807) is 32.9 Å². The maximum absolute atomic E-state index is 12.3. The van der Waals surface area contributed by atoms with Crippen LogP contribution in [0.4, 0.5) is 0 Å². The summed E-state index contributed by atoms with van der Waals surface area (Å²) in [5.74, 6) is 1.07. The molecule has 2 aliphatic heterocycles. The molecule has 178 valence electrons. The van der Waals surface area contributed by atoms with E-state index in [4.69, 9.17) is 18.9 Å². The van der Waals surface area contributed by atoms with Crippen molar-refractivity contribution in [3.05, 3.63) is 60.1 Å². The second-order valence-electron chi connectivity index (χ2n) is 9.01. The van der Waals surface area contributed by atoms with Crippen LogP contribution in [0.5, 0.6) is 17.2 Å². The molecule has 3 aromatic rings. The number of esters is 1. The number of ether oxygens (including phenoxy) is 4. The summed E-state index contributed by atoms with van der Waals surface area (Å²) in [6.07, 6.45) is 5.53. The summed E-state index contributed by atoms with van der Waals surface area (Å²) < 4.78 is 25.5. The molecule has 0 fully saturated rings. The van der Waals surface area contributed by atoms with Crippen LogP contribution in [0.25, 0.3) is 16.6 Å². The molecule has 0 saturated heterocycles. The third kappa shape index (κ3) is 3.84. The summed E-state index contributed by atoms with van der Waals surface area (Å²) >= 11 is 0. The highest BCUT2D eigenvalue weighted by molar-refractivity contribution is 5.95. The van der Waals surface area contributed by atoms with Crippen LogP contribution in [-0.2, 0) is 22.5 Å². The minimum Gasteiger partial charge on any atom is -0.490 e. The Morgan fingerprint density at radius 1 is 1.35 bits per heavy atom. The zero-order valence-corrected chi connectivity index (χ0v) is 19.5. The van der Waals surface area contributed by atoms with E-state index in [0.717, 1.165) is 16.6 Å². The highest BCUT2D eigenvalue weighted by Gasteiger charge is 2.39. The fourth-order valence-electron chi connectivity index (χ4n) is 4.39. The number of nitrogens with one attached hydrogen (secondary N) is 1. The molecule has 8 nitrogen and oxygen atoms in total. The van der Waals surface area contributed by atoms with Crippen LogP contribution in [0, 0.1) is 0 Å². The number of allylic oxidation sites excluding steroid dienone is 2. The molecular formula is C26H28N2O6. The Labute approximate surface area is 197 Å². The van der Waals surface area contributed by atoms with Crippen molar-refractivity contribution in [3.8, 4) is 17.2 Å². The van der Waals surface area contributed by atoms with Crippen molar-refractivity contribution in [2.75, 3.05) is 13.2 Å². The van der Waals surface area contributed by atoms with Gasteiger partial charge in [0, 0.05) is 30.4 Å². The third-order valence-electron chi connectivity index (χ3n) is 6.14.